The number of aromatic amines is 1. The van der Waals surface area contributed by atoms with Gasteiger partial charge in [-0.1, -0.05) is 6.92 Å². The Bertz CT molecular complexity index is 760. The van der Waals surface area contributed by atoms with Crippen molar-refractivity contribution in [2.75, 3.05) is 0 Å². The molecule has 0 spiro atoms. The van der Waals surface area contributed by atoms with Crippen LogP contribution in [0.2, 0.25) is 0 Å². The standard InChI is InChI=1S/C13H11N3O2S/c1-2-8-3-4-10(19-8)12-15-9-5-7(13(17)18)6-14-11(9)16-12/h3-6H,2H2,1H3,(H,17,18)(H,14,15,16). The number of carboxylic acids is 1. The number of aromatic nitrogens is 3. The molecule has 0 atom stereocenters. The van der Waals surface area contributed by atoms with Crippen molar-refractivity contribution in [3.05, 3.63) is 34.8 Å². The fourth-order valence-electron chi connectivity index (χ4n) is 1.83. The lowest BCUT2D eigenvalue weighted by Crippen LogP contribution is -1.96. The van der Waals surface area contributed by atoms with Crippen LogP contribution in [-0.2, 0) is 6.42 Å². The van der Waals surface area contributed by atoms with Gasteiger partial charge in [0, 0.05) is 11.1 Å². The molecule has 0 amide bonds. The lowest BCUT2D eigenvalue weighted by Gasteiger charge is -1.91. The molecule has 0 saturated heterocycles. The van der Waals surface area contributed by atoms with Gasteiger partial charge in [0.25, 0.3) is 0 Å². The van der Waals surface area contributed by atoms with Gasteiger partial charge in [-0.15, -0.1) is 11.3 Å². The molecule has 0 unspecified atom stereocenters. The number of carbonyl (C=O) groups is 1. The van der Waals surface area contributed by atoms with E-state index < -0.39 is 5.97 Å². The molecule has 0 saturated carbocycles. The topological polar surface area (TPSA) is 78.9 Å². The Hall–Kier alpha value is -2.21. The number of aromatic carboxylic acids is 1. The third-order valence-corrected chi connectivity index (χ3v) is 4.06. The van der Waals surface area contributed by atoms with E-state index in [1.807, 2.05) is 6.07 Å². The van der Waals surface area contributed by atoms with E-state index in [2.05, 4.69) is 27.9 Å². The van der Waals surface area contributed by atoms with Crippen molar-refractivity contribution in [1.29, 1.82) is 0 Å². The second kappa shape index (κ2) is 4.47. The number of fused-ring (bicyclic) bond motifs is 1. The molecule has 3 aromatic rings. The van der Waals surface area contributed by atoms with E-state index in [1.54, 1.807) is 17.4 Å². The molecule has 0 fully saturated rings. The number of hydrogen-bond acceptors (Lipinski definition) is 4. The molecule has 0 bridgehead atoms. The first-order chi connectivity index (χ1) is 9.17. The Balaban J connectivity index is 2.08. The minimum absolute atomic E-state index is 0.156. The Morgan fingerprint density at radius 3 is 3.00 bits per heavy atom. The molecule has 0 aromatic carbocycles. The largest absolute Gasteiger partial charge is 0.478 e. The number of aryl methyl sites for hydroxylation is 1. The highest BCUT2D eigenvalue weighted by Crippen LogP contribution is 2.27. The molecule has 2 N–H and O–H groups in total. The summed E-state index contributed by atoms with van der Waals surface area (Å²) in [6.07, 6.45) is 2.31. The minimum atomic E-state index is -0.991. The zero-order valence-corrected chi connectivity index (χ0v) is 11.0. The smallest absolute Gasteiger partial charge is 0.337 e. The Labute approximate surface area is 113 Å². The van der Waals surface area contributed by atoms with Crippen LogP contribution < -0.4 is 0 Å². The van der Waals surface area contributed by atoms with Gasteiger partial charge in [0.1, 0.15) is 0 Å². The summed E-state index contributed by atoms with van der Waals surface area (Å²) >= 11 is 1.67. The molecular formula is C13H11N3O2S. The molecule has 0 aliphatic heterocycles. The molecular weight excluding hydrogens is 262 g/mol. The summed E-state index contributed by atoms with van der Waals surface area (Å²) in [5, 5.41) is 8.93. The number of carboxylic acid groups (broad SMARTS) is 1. The highest BCUT2D eigenvalue weighted by Gasteiger charge is 2.11. The van der Waals surface area contributed by atoms with Crippen molar-refractivity contribution >= 4 is 28.5 Å². The van der Waals surface area contributed by atoms with Crippen molar-refractivity contribution in [3.8, 4) is 10.7 Å². The van der Waals surface area contributed by atoms with Crippen LogP contribution in [0.5, 0.6) is 0 Å². The molecule has 96 valence electrons. The van der Waals surface area contributed by atoms with Gasteiger partial charge in [-0.3, -0.25) is 0 Å². The maximum atomic E-state index is 10.9. The van der Waals surface area contributed by atoms with Crippen LogP contribution in [0.1, 0.15) is 22.2 Å². The first-order valence-electron chi connectivity index (χ1n) is 5.85. The zero-order valence-electron chi connectivity index (χ0n) is 10.2. The van der Waals surface area contributed by atoms with Crippen LogP contribution >= 0.6 is 11.3 Å². The third-order valence-electron chi connectivity index (χ3n) is 2.83. The van der Waals surface area contributed by atoms with Crippen molar-refractivity contribution in [2.24, 2.45) is 0 Å². The number of H-pyrrole nitrogens is 1. The van der Waals surface area contributed by atoms with Gasteiger partial charge in [-0.2, -0.15) is 0 Å². The van der Waals surface area contributed by atoms with Crippen LogP contribution in [-0.4, -0.2) is 26.0 Å². The van der Waals surface area contributed by atoms with Crippen molar-refractivity contribution in [3.63, 3.8) is 0 Å². The number of thiophene rings is 1. The molecule has 19 heavy (non-hydrogen) atoms. The quantitative estimate of drug-likeness (QED) is 0.769. The summed E-state index contributed by atoms with van der Waals surface area (Å²) in [6, 6.07) is 5.64. The second-order valence-corrected chi connectivity index (χ2v) is 5.27. The number of hydrogen-bond donors (Lipinski definition) is 2. The van der Waals surface area contributed by atoms with Gasteiger partial charge < -0.3 is 10.1 Å². The van der Waals surface area contributed by atoms with E-state index in [4.69, 9.17) is 5.11 Å². The van der Waals surface area contributed by atoms with Crippen LogP contribution in [0.15, 0.2) is 24.4 Å². The van der Waals surface area contributed by atoms with Gasteiger partial charge in [0.15, 0.2) is 11.5 Å². The van der Waals surface area contributed by atoms with Crippen LogP contribution in [0.25, 0.3) is 21.9 Å². The van der Waals surface area contributed by atoms with Crippen LogP contribution in [0.3, 0.4) is 0 Å². The normalized spacial score (nSPS) is 11.0. The third kappa shape index (κ3) is 2.10. The van der Waals surface area contributed by atoms with Crippen LogP contribution in [0, 0.1) is 0 Å². The van der Waals surface area contributed by atoms with E-state index in [0.29, 0.717) is 11.2 Å². The molecule has 6 heteroatoms. The Morgan fingerprint density at radius 2 is 2.32 bits per heavy atom. The maximum absolute atomic E-state index is 10.9. The Kier molecular flexibility index (Phi) is 2.79. The maximum Gasteiger partial charge on any atom is 0.337 e. The molecule has 0 aliphatic rings. The summed E-state index contributed by atoms with van der Waals surface area (Å²) < 4.78 is 0. The summed E-state index contributed by atoms with van der Waals surface area (Å²) in [5.74, 6) is -0.260. The molecule has 0 radical (unpaired) electrons. The van der Waals surface area contributed by atoms with Crippen molar-refractivity contribution < 1.29 is 9.90 Å². The Morgan fingerprint density at radius 1 is 1.47 bits per heavy atom. The summed E-state index contributed by atoms with van der Waals surface area (Å²) in [5.41, 5.74) is 1.33. The van der Waals surface area contributed by atoms with Crippen LogP contribution in [0.4, 0.5) is 0 Å². The average Bonchev–Trinajstić information content (AvgIpc) is 3.03. The van der Waals surface area contributed by atoms with E-state index in [9.17, 15) is 4.79 Å². The lowest BCUT2D eigenvalue weighted by molar-refractivity contribution is 0.0696. The predicted molar refractivity (Wildman–Crippen MR) is 73.5 cm³/mol. The first-order valence-corrected chi connectivity index (χ1v) is 6.67. The van der Waals surface area contributed by atoms with Gasteiger partial charge >= 0.3 is 5.97 Å². The van der Waals surface area contributed by atoms with Crippen molar-refractivity contribution in [2.45, 2.75) is 13.3 Å². The van der Waals surface area contributed by atoms with Gasteiger partial charge in [0.05, 0.1) is 16.0 Å². The number of nitrogens with zero attached hydrogens (tertiary/aromatic N) is 2. The fourth-order valence-corrected chi connectivity index (χ4v) is 2.72. The number of imidazole rings is 1. The van der Waals surface area contributed by atoms with Gasteiger partial charge in [0.2, 0.25) is 0 Å². The molecule has 3 heterocycles. The highest BCUT2D eigenvalue weighted by atomic mass is 32.1. The second-order valence-electron chi connectivity index (χ2n) is 4.11. The summed E-state index contributed by atoms with van der Waals surface area (Å²) in [4.78, 5) is 24.8. The van der Waals surface area contributed by atoms with Crippen molar-refractivity contribution in [1.82, 2.24) is 15.0 Å². The molecule has 5 nitrogen and oxygen atoms in total. The van der Waals surface area contributed by atoms with E-state index in [0.717, 1.165) is 17.1 Å². The summed E-state index contributed by atoms with van der Waals surface area (Å²) in [7, 11) is 0. The first kappa shape index (κ1) is 11.9. The molecule has 0 aliphatic carbocycles. The zero-order chi connectivity index (χ0) is 13.4. The number of pyridine rings is 1. The molecule has 3 aromatic heterocycles. The van der Waals surface area contributed by atoms with E-state index >= 15 is 0 Å². The summed E-state index contributed by atoms with van der Waals surface area (Å²) in [6.45, 7) is 2.11. The minimum Gasteiger partial charge on any atom is -0.478 e. The van der Waals surface area contributed by atoms with E-state index in [-0.39, 0.29) is 5.56 Å². The monoisotopic (exact) mass is 273 g/mol. The van der Waals surface area contributed by atoms with Gasteiger partial charge in [-0.05, 0) is 24.6 Å². The fraction of sp³-hybridized carbons (Fsp3) is 0.154. The number of rotatable bonds is 3. The average molecular weight is 273 g/mol. The van der Waals surface area contributed by atoms with Gasteiger partial charge in [-0.25, -0.2) is 14.8 Å². The highest BCUT2D eigenvalue weighted by molar-refractivity contribution is 7.15. The molecule has 3 rings (SSSR count). The predicted octanol–water partition coefficient (Wildman–Crippen LogP) is 2.95. The SMILES string of the molecule is CCc1ccc(-c2nc3ncc(C(=O)O)cc3[nH]2)s1. The van der Waals surface area contributed by atoms with E-state index in [1.165, 1.54) is 11.1 Å². The number of nitrogens with one attached hydrogen (secondary N) is 1. The lowest BCUT2D eigenvalue weighted by atomic mass is 10.3.